The number of ether oxygens (including phenoxy) is 1. The molecule has 2 heterocycles. The van der Waals surface area contributed by atoms with Gasteiger partial charge >= 0.3 is 5.97 Å². The standard InChI is InChI=1S/C11H17NO3/c1-11(2,3)10(14)12-5-4-7-6-8(12)9(13)15-7/h7-8H,4-6H2,1-3H3/t7-,8+/m0/s1. The van der Waals surface area contributed by atoms with Gasteiger partial charge in [-0.3, -0.25) is 4.79 Å². The highest BCUT2D eigenvalue weighted by atomic mass is 16.6. The number of esters is 1. The molecule has 4 heteroatoms. The van der Waals surface area contributed by atoms with Crippen molar-refractivity contribution in [2.24, 2.45) is 5.41 Å². The number of hydrogen-bond donors (Lipinski definition) is 0. The zero-order chi connectivity index (χ0) is 11.2. The Kier molecular flexibility index (Phi) is 2.24. The molecule has 2 aliphatic heterocycles. The number of amides is 1. The summed E-state index contributed by atoms with van der Waals surface area (Å²) in [4.78, 5) is 25.2. The van der Waals surface area contributed by atoms with Crippen LogP contribution in [-0.2, 0) is 14.3 Å². The molecule has 84 valence electrons. The third-order valence-corrected chi connectivity index (χ3v) is 3.01. The first-order valence-electron chi connectivity index (χ1n) is 5.41. The minimum absolute atomic E-state index is 0.0461. The lowest BCUT2D eigenvalue weighted by Crippen LogP contribution is -2.50. The van der Waals surface area contributed by atoms with Crippen molar-refractivity contribution in [2.45, 2.75) is 45.8 Å². The Morgan fingerprint density at radius 3 is 2.73 bits per heavy atom. The van der Waals surface area contributed by atoms with E-state index in [4.69, 9.17) is 4.74 Å². The Morgan fingerprint density at radius 2 is 2.13 bits per heavy atom. The van der Waals surface area contributed by atoms with E-state index >= 15 is 0 Å². The molecule has 2 aliphatic rings. The molecule has 0 saturated carbocycles. The third-order valence-electron chi connectivity index (χ3n) is 3.01. The molecule has 15 heavy (non-hydrogen) atoms. The summed E-state index contributed by atoms with van der Waals surface area (Å²) in [6.07, 6.45) is 1.51. The Labute approximate surface area is 89.6 Å². The molecule has 0 spiro atoms. The van der Waals surface area contributed by atoms with Crippen molar-refractivity contribution in [2.75, 3.05) is 6.54 Å². The van der Waals surface area contributed by atoms with Gasteiger partial charge in [0.2, 0.25) is 5.91 Å². The molecule has 0 aromatic heterocycles. The van der Waals surface area contributed by atoms with Crippen molar-refractivity contribution in [1.29, 1.82) is 0 Å². The second kappa shape index (κ2) is 3.22. The molecule has 0 aliphatic carbocycles. The number of piperidine rings is 1. The number of hydrogen-bond acceptors (Lipinski definition) is 3. The van der Waals surface area contributed by atoms with Gasteiger partial charge in [-0.25, -0.2) is 4.79 Å². The van der Waals surface area contributed by atoms with Crippen LogP contribution in [0.3, 0.4) is 0 Å². The lowest BCUT2D eigenvalue weighted by molar-refractivity contribution is -0.150. The van der Waals surface area contributed by atoms with Gasteiger partial charge in [-0.1, -0.05) is 20.8 Å². The van der Waals surface area contributed by atoms with E-state index in [0.29, 0.717) is 13.0 Å². The zero-order valence-corrected chi connectivity index (χ0v) is 9.45. The van der Waals surface area contributed by atoms with E-state index in [9.17, 15) is 9.59 Å². The van der Waals surface area contributed by atoms with Crippen molar-refractivity contribution < 1.29 is 14.3 Å². The lowest BCUT2D eigenvalue weighted by atomic mass is 9.91. The van der Waals surface area contributed by atoms with Gasteiger partial charge in [-0.15, -0.1) is 0 Å². The fourth-order valence-corrected chi connectivity index (χ4v) is 2.18. The van der Waals surface area contributed by atoms with Crippen molar-refractivity contribution in [3.8, 4) is 0 Å². The molecule has 0 aromatic rings. The van der Waals surface area contributed by atoms with Gasteiger partial charge in [0.25, 0.3) is 0 Å². The smallest absolute Gasteiger partial charge is 0.329 e. The molecule has 2 saturated heterocycles. The molecule has 0 aromatic carbocycles. The van der Waals surface area contributed by atoms with Crippen molar-refractivity contribution in [1.82, 2.24) is 4.90 Å². The average molecular weight is 211 g/mol. The van der Waals surface area contributed by atoms with E-state index in [2.05, 4.69) is 0 Å². The summed E-state index contributed by atoms with van der Waals surface area (Å²) in [5.74, 6) is -0.181. The summed E-state index contributed by atoms with van der Waals surface area (Å²) >= 11 is 0. The van der Waals surface area contributed by atoms with Gasteiger partial charge in [0.1, 0.15) is 12.1 Å². The van der Waals surface area contributed by atoms with Crippen molar-refractivity contribution in [3.63, 3.8) is 0 Å². The fraction of sp³-hybridized carbons (Fsp3) is 0.818. The Morgan fingerprint density at radius 1 is 1.47 bits per heavy atom. The molecular formula is C11H17NO3. The van der Waals surface area contributed by atoms with E-state index in [-0.39, 0.29) is 24.0 Å². The minimum atomic E-state index is -0.421. The molecule has 0 N–H and O–H groups in total. The normalized spacial score (nSPS) is 30.3. The van der Waals surface area contributed by atoms with Crippen LogP contribution < -0.4 is 0 Å². The van der Waals surface area contributed by atoms with Crippen LogP contribution in [0, 0.1) is 5.41 Å². The highest BCUT2D eigenvalue weighted by molar-refractivity contribution is 5.88. The van der Waals surface area contributed by atoms with Gasteiger partial charge in [-0.2, -0.15) is 0 Å². The van der Waals surface area contributed by atoms with E-state index in [0.717, 1.165) is 6.42 Å². The molecule has 4 nitrogen and oxygen atoms in total. The van der Waals surface area contributed by atoms with Crippen LogP contribution in [0.5, 0.6) is 0 Å². The van der Waals surface area contributed by atoms with Crippen LogP contribution in [0.15, 0.2) is 0 Å². The molecule has 2 bridgehead atoms. The van der Waals surface area contributed by atoms with Crippen molar-refractivity contribution in [3.05, 3.63) is 0 Å². The highest BCUT2D eigenvalue weighted by Gasteiger charge is 2.46. The second-order valence-electron chi connectivity index (χ2n) is 5.35. The number of fused-ring (bicyclic) bond motifs is 2. The largest absolute Gasteiger partial charge is 0.461 e. The number of carbonyl (C=O) groups excluding carboxylic acids is 2. The molecule has 2 atom stereocenters. The SMILES string of the molecule is CC(C)(C)C(=O)N1CC[C@H]2C[C@@H]1C(=O)O2. The molecule has 0 radical (unpaired) electrons. The van der Waals surface area contributed by atoms with Crippen LogP contribution in [0.25, 0.3) is 0 Å². The summed E-state index contributed by atoms with van der Waals surface area (Å²) in [5, 5.41) is 0. The first-order valence-corrected chi connectivity index (χ1v) is 5.41. The number of rotatable bonds is 0. The maximum absolute atomic E-state index is 12.1. The molecule has 2 rings (SSSR count). The van der Waals surface area contributed by atoms with E-state index in [1.54, 1.807) is 4.90 Å². The third kappa shape index (κ3) is 1.73. The van der Waals surface area contributed by atoms with Crippen LogP contribution in [-0.4, -0.2) is 35.5 Å². The quantitative estimate of drug-likeness (QED) is 0.560. The molecule has 2 fully saturated rings. The van der Waals surface area contributed by atoms with Gasteiger partial charge in [0.15, 0.2) is 0 Å². The van der Waals surface area contributed by atoms with Crippen LogP contribution >= 0.6 is 0 Å². The van der Waals surface area contributed by atoms with E-state index < -0.39 is 5.41 Å². The van der Waals surface area contributed by atoms with Crippen LogP contribution in [0.4, 0.5) is 0 Å². The summed E-state index contributed by atoms with van der Waals surface area (Å²) in [6.45, 7) is 6.28. The topological polar surface area (TPSA) is 46.6 Å². The predicted octanol–water partition coefficient (Wildman–Crippen LogP) is 0.949. The second-order valence-corrected chi connectivity index (χ2v) is 5.35. The van der Waals surface area contributed by atoms with E-state index in [1.807, 2.05) is 20.8 Å². The first kappa shape index (κ1) is 10.5. The van der Waals surface area contributed by atoms with Crippen LogP contribution in [0.1, 0.15) is 33.6 Å². The highest BCUT2D eigenvalue weighted by Crippen LogP contribution is 2.31. The van der Waals surface area contributed by atoms with Gasteiger partial charge in [-0.05, 0) is 0 Å². The predicted molar refractivity (Wildman–Crippen MR) is 54.1 cm³/mol. The Hall–Kier alpha value is -1.06. The van der Waals surface area contributed by atoms with Gasteiger partial charge < -0.3 is 9.64 Å². The summed E-state index contributed by atoms with van der Waals surface area (Å²) < 4.78 is 5.15. The maximum atomic E-state index is 12.1. The lowest BCUT2D eigenvalue weighted by Gasteiger charge is -2.34. The Balaban J connectivity index is 2.17. The molecule has 0 unspecified atom stereocenters. The summed E-state index contributed by atoms with van der Waals surface area (Å²) in [7, 11) is 0. The summed E-state index contributed by atoms with van der Waals surface area (Å²) in [5.41, 5.74) is -0.421. The zero-order valence-electron chi connectivity index (χ0n) is 9.45. The molecule has 1 amide bonds. The monoisotopic (exact) mass is 211 g/mol. The fourth-order valence-electron chi connectivity index (χ4n) is 2.18. The maximum Gasteiger partial charge on any atom is 0.329 e. The number of likely N-dealkylation sites (tertiary alicyclic amines) is 1. The average Bonchev–Trinajstić information content (AvgIpc) is 2.41. The summed E-state index contributed by atoms with van der Waals surface area (Å²) in [6, 6.07) is -0.324. The number of nitrogens with zero attached hydrogens (tertiary/aromatic N) is 1. The Bertz CT molecular complexity index is 305. The van der Waals surface area contributed by atoms with E-state index in [1.165, 1.54) is 0 Å². The van der Waals surface area contributed by atoms with Crippen LogP contribution in [0.2, 0.25) is 0 Å². The van der Waals surface area contributed by atoms with Gasteiger partial charge in [0, 0.05) is 24.8 Å². The van der Waals surface area contributed by atoms with Gasteiger partial charge in [0.05, 0.1) is 0 Å². The first-order chi connectivity index (χ1) is 6.89. The number of carbonyl (C=O) groups is 2. The molecular weight excluding hydrogens is 194 g/mol. The van der Waals surface area contributed by atoms with Crippen molar-refractivity contribution >= 4 is 11.9 Å². The minimum Gasteiger partial charge on any atom is -0.461 e.